The molecule has 0 spiro atoms. The number of rotatable bonds is 5. The van der Waals surface area contributed by atoms with Gasteiger partial charge in [0.1, 0.15) is 11.5 Å². The summed E-state index contributed by atoms with van der Waals surface area (Å²) in [6.07, 6.45) is 7.11. The third kappa shape index (κ3) is 3.76. The Morgan fingerprint density at radius 3 is 2.69 bits per heavy atom. The predicted molar refractivity (Wildman–Crippen MR) is 137 cm³/mol. The number of halogens is 1. The largest absolute Gasteiger partial charge is 0.353 e. The number of pyridine rings is 3. The molecule has 1 amide bonds. The van der Waals surface area contributed by atoms with E-state index in [2.05, 4.69) is 35.5 Å². The van der Waals surface area contributed by atoms with Crippen LogP contribution in [0.2, 0.25) is 0 Å². The third-order valence-corrected chi connectivity index (χ3v) is 6.03. The topological polar surface area (TPSA) is 112 Å². The Labute approximate surface area is 204 Å². The van der Waals surface area contributed by atoms with Crippen LogP contribution < -0.4 is 5.32 Å². The average Bonchev–Trinajstić information content (AvgIpc) is 3.52. The molecule has 176 valence electrons. The highest BCUT2D eigenvalue weighted by atomic mass is 19.1. The van der Waals surface area contributed by atoms with E-state index in [1.54, 1.807) is 49.9 Å². The summed E-state index contributed by atoms with van der Waals surface area (Å²) in [5.74, 6) is -0.409. The lowest BCUT2D eigenvalue weighted by atomic mass is 10.1. The number of H-pyrrole nitrogens is 2. The van der Waals surface area contributed by atoms with Crippen LogP contribution in [0.25, 0.3) is 55.7 Å². The number of carbonyl (C=O) groups is 1. The van der Waals surface area contributed by atoms with Gasteiger partial charge in [0.2, 0.25) is 5.91 Å². The lowest BCUT2D eigenvalue weighted by Gasteiger charge is -2.06. The van der Waals surface area contributed by atoms with Crippen molar-refractivity contribution in [2.24, 2.45) is 0 Å². The Morgan fingerprint density at radius 1 is 0.972 bits per heavy atom. The second kappa shape index (κ2) is 8.70. The van der Waals surface area contributed by atoms with E-state index in [1.165, 1.54) is 6.07 Å². The van der Waals surface area contributed by atoms with Crippen LogP contribution >= 0.6 is 0 Å². The van der Waals surface area contributed by atoms with E-state index < -0.39 is 0 Å². The van der Waals surface area contributed by atoms with Crippen LogP contribution in [0.1, 0.15) is 13.3 Å². The highest BCUT2D eigenvalue weighted by Gasteiger charge is 2.17. The monoisotopic (exact) mass is 477 g/mol. The van der Waals surface area contributed by atoms with Gasteiger partial charge in [0.15, 0.2) is 5.65 Å². The number of hydrogen-bond donors (Lipinski definition) is 3. The number of aromatic nitrogens is 6. The van der Waals surface area contributed by atoms with Crippen molar-refractivity contribution in [1.82, 2.24) is 30.1 Å². The molecule has 0 saturated heterocycles. The van der Waals surface area contributed by atoms with Crippen molar-refractivity contribution in [3.63, 3.8) is 0 Å². The van der Waals surface area contributed by atoms with Gasteiger partial charge < -0.3 is 10.3 Å². The van der Waals surface area contributed by atoms with Gasteiger partial charge in [-0.25, -0.2) is 9.37 Å². The number of anilines is 1. The molecule has 6 rings (SSSR count). The van der Waals surface area contributed by atoms with E-state index in [9.17, 15) is 9.18 Å². The molecule has 1 aromatic carbocycles. The number of nitrogens with zero attached hydrogens (tertiary/aromatic N) is 4. The van der Waals surface area contributed by atoms with Crippen LogP contribution in [0.3, 0.4) is 0 Å². The van der Waals surface area contributed by atoms with Crippen LogP contribution in [-0.2, 0) is 4.79 Å². The molecule has 0 atom stereocenters. The molecular weight excluding hydrogens is 457 g/mol. The first kappa shape index (κ1) is 21.6. The number of fused-ring (bicyclic) bond motifs is 2. The van der Waals surface area contributed by atoms with Crippen LogP contribution in [0, 0.1) is 5.82 Å². The van der Waals surface area contributed by atoms with E-state index in [1.807, 2.05) is 24.3 Å². The number of benzene rings is 1. The minimum absolute atomic E-state index is 0.0808. The van der Waals surface area contributed by atoms with Gasteiger partial charge in [-0.1, -0.05) is 19.1 Å². The first-order valence-corrected chi connectivity index (χ1v) is 11.4. The molecule has 0 aliphatic carbocycles. The number of hydrogen-bond acceptors (Lipinski definition) is 5. The molecular formula is C27H20FN7O. The van der Waals surface area contributed by atoms with Crippen molar-refractivity contribution in [2.45, 2.75) is 13.3 Å². The molecule has 3 N–H and O–H groups in total. The number of amides is 1. The summed E-state index contributed by atoms with van der Waals surface area (Å²) in [4.78, 5) is 28.4. The predicted octanol–water partition coefficient (Wildman–Crippen LogP) is 5.72. The maximum atomic E-state index is 14.5. The number of nitrogens with one attached hydrogen (secondary N) is 3. The third-order valence-electron chi connectivity index (χ3n) is 6.03. The summed E-state index contributed by atoms with van der Waals surface area (Å²) in [5, 5.41) is 11.9. The van der Waals surface area contributed by atoms with Crippen LogP contribution in [0.4, 0.5) is 10.1 Å². The molecule has 0 saturated carbocycles. The zero-order valence-electron chi connectivity index (χ0n) is 19.2. The zero-order valence-corrected chi connectivity index (χ0v) is 19.2. The van der Waals surface area contributed by atoms with Gasteiger partial charge in [0.25, 0.3) is 0 Å². The van der Waals surface area contributed by atoms with Crippen LogP contribution in [-0.4, -0.2) is 36.0 Å². The fraction of sp³-hybridized carbons (Fsp3) is 0.0741. The van der Waals surface area contributed by atoms with Crippen molar-refractivity contribution in [3.8, 4) is 33.8 Å². The Bertz CT molecular complexity index is 1750. The smallest absolute Gasteiger partial charge is 0.224 e. The molecule has 5 heterocycles. The lowest BCUT2D eigenvalue weighted by Crippen LogP contribution is -2.09. The molecule has 0 aliphatic rings. The fourth-order valence-electron chi connectivity index (χ4n) is 4.23. The van der Waals surface area contributed by atoms with Crippen LogP contribution in [0.5, 0.6) is 0 Å². The quantitative estimate of drug-likeness (QED) is 0.294. The molecule has 36 heavy (non-hydrogen) atoms. The van der Waals surface area contributed by atoms with Gasteiger partial charge >= 0.3 is 0 Å². The van der Waals surface area contributed by atoms with Gasteiger partial charge in [0, 0.05) is 58.0 Å². The summed E-state index contributed by atoms with van der Waals surface area (Å²) < 4.78 is 14.5. The maximum Gasteiger partial charge on any atom is 0.224 e. The summed E-state index contributed by atoms with van der Waals surface area (Å²) in [6, 6.07) is 14.2. The highest BCUT2D eigenvalue weighted by Crippen LogP contribution is 2.34. The Morgan fingerprint density at radius 2 is 1.83 bits per heavy atom. The second-order valence-electron chi connectivity index (χ2n) is 8.34. The van der Waals surface area contributed by atoms with E-state index in [-0.39, 0.29) is 11.7 Å². The summed E-state index contributed by atoms with van der Waals surface area (Å²) >= 11 is 0. The summed E-state index contributed by atoms with van der Waals surface area (Å²) in [6.45, 7) is 1.80. The highest BCUT2D eigenvalue weighted by molar-refractivity contribution is 6.00. The Balaban J connectivity index is 1.44. The SMILES string of the molecule is CCC(=O)Nc1cncc(-c2cnc3[nH]nc(-c4cc5c(-c6ccccc6F)nccc5[nH]4)c3c2)c1. The van der Waals surface area contributed by atoms with Crippen molar-refractivity contribution in [3.05, 3.63) is 79.1 Å². The van der Waals surface area contributed by atoms with Crippen molar-refractivity contribution >= 4 is 33.5 Å². The minimum Gasteiger partial charge on any atom is -0.353 e. The number of aromatic amines is 2. The summed E-state index contributed by atoms with van der Waals surface area (Å²) in [5.41, 5.74) is 6.14. The molecule has 6 aromatic rings. The Hall–Kier alpha value is -4.92. The molecule has 0 radical (unpaired) electrons. The van der Waals surface area contributed by atoms with Crippen LogP contribution in [0.15, 0.2) is 73.3 Å². The minimum atomic E-state index is -0.328. The lowest BCUT2D eigenvalue weighted by molar-refractivity contribution is -0.115. The second-order valence-corrected chi connectivity index (χ2v) is 8.34. The summed E-state index contributed by atoms with van der Waals surface area (Å²) in [7, 11) is 0. The van der Waals surface area contributed by atoms with Gasteiger partial charge in [0.05, 0.1) is 23.3 Å². The van der Waals surface area contributed by atoms with Gasteiger partial charge in [-0.05, 0) is 36.4 Å². The van der Waals surface area contributed by atoms with E-state index >= 15 is 0 Å². The standard InChI is InChI=1S/C27H20FN7O/c1-2-24(36)32-17-9-15(12-29-14-17)16-10-20-26(34-35-27(20)31-13-16)23-11-19-22(33-23)7-8-30-25(19)18-5-3-4-6-21(18)28/h3-14,33H,2H2,1H3,(H,32,36)(H,31,34,35). The molecule has 9 heteroatoms. The number of carbonyl (C=O) groups excluding carboxylic acids is 1. The molecule has 0 aliphatic heterocycles. The first-order valence-electron chi connectivity index (χ1n) is 11.4. The average molecular weight is 478 g/mol. The van der Waals surface area contributed by atoms with Gasteiger partial charge in [-0.15, -0.1) is 0 Å². The van der Waals surface area contributed by atoms with Gasteiger partial charge in [-0.2, -0.15) is 5.10 Å². The molecule has 5 aromatic heterocycles. The Kier molecular flexibility index (Phi) is 5.22. The van der Waals surface area contributed by atoms with Gasteiger partial charge in [-0.3, -0.25) is 19.9 Å². The first-order chi connectivity index (χ1) is 17.6. The molecule has 0 fully saturated rings. The van der Waals surface area contributed by atoms with Crippen molar-refractivity contribution in [1.29, 1.82) is 0 Å². The fourth-order valence-corrected chi connectivity index (χ4v) is 4.23. The zero-order chi connectivity index (χ0) is 24.6. The van der Waals surface area contributed by atoms with Crippen molar-refractivity contribution < 1.29 is 9.18 Å². The normalized spacial score (nSPS) is 11.3. The molecule has 0 bridgehead atoms. The van der Waals surface area contributed by atoms with Crippen molar-refractivity contribution in [2.75, 3.05) is 5.32 Å². The van der Waals surface area contributed by atoms with E-state index in [4.69, 9.17) is 0 Å². The van der Waals surface area contributed by atoms with E-state index in [0.29, 0.717) is 34.7 Å². The maximum absolute atomic E-state index is 14.5. The van der Waals surface area contributed by atoms with E-state index in [0.717, 1.165) is 33.1 Å². The molecule has 0 unspecified atom stereocenters. The molecule has 8 nitrogen and oxygen atoms in total.